The molecule has 0 amide bonds. The minimum Gasteiger partial charge on any atom is -0.106 e. The Morgan fingerprint density at radius 1 is 0.714 bits per heavy atom. The van der Waals surface area contributed by atoms with Crippen LogP contribution < -0.4 is 0 Å². The summed E-state index contributed by atoms with van der Waals surface area (Å²) in [4.78, 5) is 0. The number of allylic oxidation sites excluding steroid dienone is 8. The fourth-order valence-electron chi connectivity index (χ4n) is 1.07. The molecule has 0 spiro atoms. The molecule has 14 heavy (non-hydrogen) atoms. The molecule has 0 aliphatic heterocycles. The average Bonchev–Trinajstić information content (AvgIpc) is 2.71. The zero-order chi connectivity index (χ0) is 10.1. The van der Waals surface area contributed by atoms with Gasteiger partial charge in [0.05, 0.1) is 0 Å². The zero-order valence-corrected chi connectivity index (χ0v) is 9.24. The molecule has 2 rings (SSSR count). The van der Waals surface area contributed by atoms with Crippen molar-refractivity contribution in [1.29, 1.82) is 0 Å². The van der Waals surface area contributed by atoms with Crippen LogP contribution in [0.4, 0.5) is 0 Å². The molecule has 0 aromatic heterocycles. The van der Waals surface area contributed by atoms with Crippen LogP contribution in [0.1, 0.15) is 0 Å². The van der Waals surface area contributed by atoms with Crippen LogP contribution in [-0.4, -0.2) is 0 Å². The van der Waals surface area contributed by atoms with Gasteiger partial charge >= 0.3 is 0 Å². The topological polar surface area (TPSA) is 0 Å². The van der Waals surface area contributed by atoms with Crippen molar-refractivity contribution in [3.05, 3.63) is 80.3 Å². The Kier molecular flexibility index (Phi) is 11.0. The van der Waals surface area contributed by atoms with Gasteiger partial charge < -0.3 is 0 Å². The maximum Gasteiger partial charge on any atom is 0.0485 e. The van der Waals surface area contributed by atoms with Crippen LogP contribution in [0, 0.1) is 5.92 Å². The van der Waals surface area contributed by atoms with Crippen LogP contribution >= 0.6 is 0 Å². The van der Waals surface area contributed by atoms with Crippen LogP contribution in [0.5, 0.6) is 0 Å². The van der Waals surface area contributed by atoms with E-state index >= 15 is 0 Å². The standard InChI is InChI=1S/C9H7.2C2H4.Co/c1-2-5-9-7-3-6-8(9)4-1;2*1-2;/h1-7H;2*1-2H2;. The van der Waals surface area contributed by atoms with Crippen molar-refractivity contribution in [2.75, 3.05) is 0 Å². The average molecular weight is 230 g/mol. The third kappa shape index (κ3) is 4.26. The Morgan fingerprint density at radius 2 is 1.21 bits per heavy atom. The molecular weight excluding hydrogens is 215 g/mol. The second-order valence-electron chi connectivity index (χ2n) is 2.15. The fraction of sp³-hybridized carbons (Fsp3) is 0. The van der Waals surface area contributed by atoms with Gasteiger partial charge in [0.25, 0.3) is 0 Å². The molecule has 0 atom stereocenters. The molecule has 2 radical (unpaired) electrons. The molecule has 0 N–H and O–H groups in total. The molecule has 0 bridgehead atoms. The van der Waals surface area contributed by atoms with E-state index in [1.165, 1.54) is 11.5 Å². The minimum atomic E-state index is 0. The first kappa shape index (κ1) is 15.4. The summed E-state index contributed by atoms with van der Waals surface area (Å²) in [7, 11) is 0. The number of hydrogen-bond donors (Lipinski definition) is 0. The van der Waals surface area contributed by atoms with Gasteiger partial charge in [-0.05, 0) is 5.57 Å². The molecule has 0 saturated heterocycles. The molecule has 76 valence electrons. The third-order valence-electron chi connectivity index (χ3n) is 1.55. The summed E-state index contributed by atoms with van der Waals surface area (Å²) in [5.41, 5.74) is 1.33. The fourth-order valence-corrected chi connectivity index (χ4v) is 1.07. The quantitative estimate of drug-likeness (QED) is 0.555. The maximum absolute atomic E-state index is 3.00. The van der Waals surface area contributed by atoms with Gasteiger partial charge in [-0.1, -0.05) is 42.5 Å². The van der Waals surface area contributed by atoms with E-state index in [-0.39, 0.29) is 16.8 Å². The molecule has 0 unspecified atom stereocenters. The van der Waals surface area contributed by atoms with E-state index in [0.29, 0.717) is 0 Å². The van der Waals surface area contributed by atoms with Crippen molar-refractivity contribution in [3.8, 4) is 0 Å². The summed E-state index contributed by atoms with van der Waals surface area (Å²) in [6, 6.07) is 0. The third-order valence-corrected chi connectivity index (χ3v) is 1.55. The first-order chi connectivity index (χ1) is 6.47. The van der Waals surface area contributed by atoms with Gasteiger partial charge in [-0.3, -0.25) is 0 Å². The predicted octanol–water partition coefficient (Wildman–Crippen LogP) is 3.78. The molecule has 1 heteroatoms. The normalized spacial score (nSPS) is 15.0. The van der Waals surface area contributed by atoms with Gasteiger partial charge in [-0.2, -0.15) is 0 Å². The van der Waals surface area contributed by atoms with Gasteiger partial charge in [0.2, 0.25) is 0 Å². The van der Waals surface area contributed by atoms with E-state index in [9.17, 15) is 0 Å². The van der Waals surface area contributed by atoms with Gasteiger partial charge in [0.15, 0.2) is 0 Å². The molecule has 2 aliphatic carbocycles. The monoisotopic (exact) mass is 230 g/mol. The summed E-state index contributed by atoms with van der Waals surface area (Å²) in [6.07, 6.45) is 14.7. The summed E-state index contributed by atoms with van der Waals surface area (Å²) < 4.78 is 0. The van der Waals surface area contributed by atoms with E-state index in [1.807, 2.05) is 0 Å². The molecule has 0 aromatic carbocycles. The zero-order valence-electron chi connectivity index (χ0n) is 8.20. The van der Waals surface area contributed by atoms with Gasteiger partial charge in [0.1, 0.15) is 0 Å². The smallest absolute Gasteiger partial charge is 0.0485 e. The predicted molar refractivity (Wildman–Crippen MR) is 61.3 cm³/mol. The molecule has 0 heterocycles. The van der Waals surface area contributed by atoms with E-state index in [2.05, 4.69) is 68.8 Å². The second-order valence-corrected chi connectivity index (χ2v) is 2.15. The van der Waals surface area contributed by atoms with Crippen molar-refractivity contribution in [2.24, 2.45) is 0 Å². The van der Waals surface area contributed by atoms with Crippen LogP contribution in [0.25, 0.3) is 0 Å². The molecule has 2 aliphatic rings. The minimum absolute atomic E-state index is 0. The largest absolute Gasteiger partial charge is 0.106 e. The maximum atomic E-state index is 3.00. The van der Waals surface area contributed by atoms with Crippen LogP contribution in [0.2, 0.25) is 0 Å². The van der Waals surface area contributed by atoms with Crippen LogP contribution in [0.3, 0.4) is 0 Å². The molecular formula is C13H15Co. The Balaban J connectivity index is 0. The first-order valence-electron chi connectivity index (χ1n) is 4.07. The van der Waals surface area contributed by atoms with Crippen molar-refractivity contribution in [3.63, 3.8) is 0 Å². The molecule has 0 aromatic rings. The molecule has 0 saturated carbocycles. The Morgan fingerprint density at radius 3 is 1.79 bits per heavy atom. The Labute approximate surface area is 97.3 Å². The summed E-state index contributed by atoms with van der Waals surface area (Å²) in [5, 5.41) is 0. The number of hydrogen-bond acceptors (Lipinski definition) is 0. The van der Waals surface area contributed by atoms with Crippen molar-refractivity contribution in [2.45, 2.75) is 0 Å². The van der Waals surface area contributed by atoms with Crippen molar-refractivity contribution >= 4 is 0 Å². The van der Waals surface area contributed by atoms with Crippen molar-refractivity contribution in [1.82, 2.24) is 0 Å². The van der Waals surface area contributed by atoms with E-state index in [4.69, 9.17) is 0 Å². The summed E-state index contributed by atoms with van der Waals surface area (Å²) in [5.74, 6) is 1.33. The second kappa shape index (κ2) is 10.0. The van der Waals surface area contributed by atoms with E-state index < -0.39 is 0 Å². The van der Waals surface area contributed by atoms with Gasteiger partial charge in [0, 0.05) is 22.7 Å². The van der Waals surface area contributed by atoms with Gasteiger partial charge in [-0.25, -0.2) is 0 Å². The first-order valence-corrected chi connectivity index (χ1v) is 4.07. The van der Waals surface area contributed by atoms with Gasteiger partial charge in [-0.15, -0.1) is 26.3 Å². The summed E-state index contributed by atoms with van der Waals surface area (Å²) in [6.45, 7) is 12.0. The number of rotatable bonds is 0. The summed E-state index contributed by atoms with van der Waals surface area (Å²) >= 11 is 0. The van der Waals surface area contributed by atoms with Crippen molar-refractivity contribution < 1.29 is 16.8 Å². The molecule has 0 fully saturated rings. The molecule has 0 nitrogen and oxygen atoms in total. The van der Waals surface area contributed by atoms with E-state index in [0.717, 1.165) is 0 Å². The number of fused-ring (bicyclic) bond motifs is 1. The SMILES string of the molecule is C1=C[C]2C=CC=C2C=C1.C=C.C=C.[Co]. The Hall–Kier alpha value is -1.05. The van der Waals surface area contributed by atoms with E-state index in [1.54, 1.807) is 0 Å². The van der Waals surface area contributed by atoms with Crippen LogP contribution in [-0.2, 0) is 16.8 Å². The Bertz CT molecular complexity index is 254. The van der Waals surface area contributed by atoms with Crippen LogP contribution in [0.15, 0.2) is 74.4 Å².